The first kappa shape index (κ1) is 12.8. The molecular weight excluding hydrogens is 246 g/mol. The van der Waals surface area contributed by atoms with Gasteiger partial charge >= 0.3 is 5.97 Å². The molecule has 1 N–H and O–H groups in total. The zero-order valence-corrected chi connectivity index (χ0v) is 10.2. The van der Waals surface area contributed by atoms with Gasteiger partial charge < -0.3 is 5.11 Å². The van der Waals surface area contributed by atoms with E-state index in [9.17, 15) is 14.9 Å². The monoisotopic (exact) mass is 257 g/mol. The van der Waals surface area contributed by atoms with Crippen LogP contribution in [0.15, 0.2) is 42.5 Å². The van der Waals surface area contributed by atoms with Crippen molar-refractivity contribution in [2.75, 3.05) is 0 Å². The molecule has 0 spiro atoms. The lowest BCUT2D eigenvalue weighted by molar-refractivity contribution is -0.384. The van der Waals surface area contributed by atoms with Crippen molar-refractivity contribution in [3.8, 4) is 11.1 Å². The number of rotatable bonds is 3. The SMILES string of the molecule is Cc1cc(-c2ccc([N+](=O)[O-])cc2)ccc1C(=O)O. The Balaban J connectivity index is 2.39. The molecular formula is C14H11NO4. The Kier molecular flexibility index (Phi) is 3.29. The molecule has 0 amide bonds. The minimum Gasteiger partial charge on any atom is -0.478 e. The van der Waals surface area contributed by atoms with Crippen LogP contribution in [0.3, 0.4) is 0 Å². The number of carboxylic acid groups (broad SMARTS) is 1. The summed E-state index contributed by atoms with van der Waals surface area (Å²) in [7, 11) is 0. The van der Waals surface area contributed by atoms with Gasteiger partial charge in [-0.1, -0.05) is 12.1 Å². The molecule has 0 saturated carbocycles. The molecule has 2 rings (SSSR count). The lowest BCUT2D eigenvalue weighted by atomic mass is 10.00. The van der Waals surface area contributed by atoms with E-state index in [2.05, 4.69) is 0 Å². The Bertz CT molecular complexity index is 647. The Morgan fingerprint density at radius 3 is 2.16 bits per heavy atom. The van der Waals surface area contributed by atoms with Crippen molar-refractivity contribution in [3.05, 3.63) is 63.7 Å². The smallest absolute Gasteiger partial charge is 0.335 e. The van der Waals surface area contributed by atoms with E-state index < -0.39 is 10.9 Å². The van der Waals surface area contributed by atoms with E-state index in [0.29, 0.717) is 5.56 Å². The Hall–Kier alpha value is -2.69. The maximum Gasteiger partial charge on any atom is 0.335 e. The van der Waals surface area contributed by atoms with Crippen LogP contribution in [0.2, 0.25) is 0 Å². The van der Waals surface area contributed by atoms with Crippen LogP contribution in [-0.4, -0.2) is 16.0 Å². The fourth-order valence-corrected chi connectivity index (χ4v) is 1.86. The van der Waals surface area contributed by atoms with E-state index in [1.165, 1.54) is 18.2 Å². The first-order chi connectivity index (χ1) is 8.99. The van der Waals surface area contributed by atoms with Gasteiger partial charge in [0.25, 0.3) is 5.69 Å². The number of aryl methyl sites for hydroxylation is 1. The number of nitro benzene ring substituents is 1. The maximum atomic E-state index is 10.9. The number of carboxylic acids is 1. The summed E-state index contributed by atoms with van der Waals surface area (Å²) in [5, 5.41) is 19.5. The number of hydrogen-bond donors (Lipinski definition) is 1. The summed E-state index contributed by atoms with van der Waals surface area (Å²) in [6.45, 7) is 1.72. The van der Waals surface area contributed by atoms with Gasteiger partial charge in [0.15, 0.2) is 0 Å². The number of carbonyl (C=O) groups is 1. The summed E-state index contributed by atoms with van der Waals surface area (Å²) in [5.41, 5.74) is 2.58. The molecule has 2 aromatic rings. The van der Waals surface area contributed by atoms with Crippen molar-refractivity contribution in [1.29, 1.82) is 0 Å². The summed E-state index contributed by atoms with van der Waals surface area (Å²) in [5.74, 6) is -0.965. The molecule has 0 unspecified atom stereocenters. The van der Waals surface area contributed by atoms with Gasteiger partial charge in [-0.05, 0) is 41.8 Å². The van der Waals surface area contributed by atoms with Crippen LogP contribution in [0.5, 0.6) is 0 Å². The molecule has 0 aliphatic heterocycles. The minimum atomic E-state index is -0.965. The van der Waals surface area contributed by atoms with E-state index >= 15 is 0 Å². The second-order valence-corrected chi connectivity index (χ2v) is 4.14. The third kappa shape index (κ3) is 2.60. The van der Waals surface area contributed by atoms with Crippen LogP contribution in [0.25, 0.3) is 11.1 Å². The second-order valence-electron chi connectivity index (χ2n) is 4.14. The molecule has 2 aromatic carbocycles. The van der Waals surface area contributed by atoms with Crippen molar-refractivity contribution in [2.45, 2.75) is 6.92 Å². The van der Waals surface area contributed by atoms with Gasteiger partial charge in [0, 0.05) is 12.1 Å². The molecule has 0 aliphatic carbocycles. The van der Waals surface area contributed by atoms with Crippen molar-refractivity contribution in [1.82, 2.24) is 0 Å². The summed E-state index contributed by atoms with van der Waals surface area (Å²) < 4.78 is 0. The largest absolute Gasteiger partial charge is 0.478 e. The maximum absolute atomic E-state index is 10.9. The molecule has 0 bridgehead atoms. The van der Waals surface area contributed by atoms with Crippen LogP contribution in [0, 0.1) is 17.0 Å². The topological polar surface area (TPSA) is 80.4 Å². The molecule has 0 heterocycles. The molecule has 0 atom stereocenters. The van der Waals surface area contributed by atoms with E-state index in [1.54, 1.807) is 31.2 Å². The number of nitro groups is 1. The summed E-state index contributed by atoms with van der Waals surface area (Å²) in [6.07, 6.45) is 0. The molecule has 5 heteroatoms. The van der Waals surface area contributed by atoms with Crippen molar-refractivity contribution < 1.29 is 14.8 Å². The average Bonchev–Trinajstić information content (AvgIpc) is 2.38. The second kappa shape index (κ2) is 4.89. The van der Waals surface area contributed by atoms with Crippen molar-refractivity contribution in [3.63, 3.8) is 0 Å². The van der Waals surface area contributed by atoms with Crippen LogP contribution in [-0.2, 0) is 0 Å². The van der Waals surface area contributed by atoms with E-state index in [0.717, 1.165) is 11.1 Å². The number of benzene rings is 2. The Morgan fingerprint density at radius 2 is 1.68 bits per heavy atom. The van der Waals surface area contributed by atoms with E-state index in [4.69, 9.17) is 5.11 Å². The molecule has 0 radical (unpaired) electrons. The fourth-order valence-electron chi connectivity index (χ4n) is 1.86. The molecule has 0 aromatic heterocycles. The van der Waals surface area contributed by atoms with Gasteiger partial charge in [0.2, 0.25) is 0 Å². The van der Waals surface area contributed by atoms with Gasteiger partial charge in [-0.15, -0.1) is 0 Å². The highest BCUT2D eigenvalue weighted by Crippen LogP contribution is 2.24. The molecule has 96 valence electrons. The summed E-state index contributed by atoms with van der Waals surface area (Å²) in [6, 6.07) is 11.1. The quantitative estimate of drug-likeness (QED) is 0.675. The van der Waals surface area contributed by atoms with Gasteiger partial charge in [0.1, 0.15) is 0 Å². The average molecular weight is 257 g/mol. The number of aromatic carboxylic acids is 1. The van der Waals surface area contributed by atoms with Gasteiger partial charge in [-0.2, -0.15) is 0 Å². The van der Waals surface area contributed by atoms with Crippen molar-refractivity contribution in [2.24, 2.45) is 0 Å². The Labute approximate surface area is 109 Å². The molecule has 0 fully saturated rings. The summed E-state index contributed by atoms with van der Waals surface area (Å²) in [4.78, 5) is 21.0. The molecule has 0 saturated heterocycles. The predicted octanol–water partition coefficient (Wildman–Crippen LogP) is 3.27. The van der Waals surface area contributed by atoms with Crippen LogP contribution in [0.1, 0.15) is 15.9 Å². The zero-order chi connectivity index (χ0) is 14.0. The number of nitrogens with zero attached hydrogens (tertiary/aromatic N) is 1. The Morgan fingerprint density at radius 1 is 1.11 bits per heavy atom. The normalized spacial score (nSPS) is 10.2. The lowest BCUT2D eigenvalue weighted by Gasteiger charge is -2.05. The van der Waals surface area contributed by atoms with Gasteiger partial charge in [0.05, 0.1) is 10.5 Å². The lowest BCUT2D eigenvalue weighted by Crippen LogP contribution is -1.99. The number of non-ortho nitro benzene ring substituents is 1. The summed E-state index contributed by atoms with van der Waals surface area (Å²) >= 11 is 0. The van der Waals surface area contributed by atoms with Crippen molar-refractivity contribution >= 4 is 11.7 Å². The predicted molar refractivity (Wildman–Crippen MR) is 70.2 cm³/mol. The van der Waals surface area contributed by atoms with E-state index in [1.807, 2.05) is 0 Å². The minimum absolute atomic E-state index is 0.0302. The number of hydrogen-bond acceptors (Lipinski definition) is 3. The molecule has 19 heavy (non-hydrogen) atoms. The van der Waals surface area contributed by atoms with Crippen LogP contribution < -0.4 is 0 Å². The van der Waals surface area contributed by atoms with Gasteiger partial charge in [-0.25, -0.2) is 4.79 Å². The highest BCUT2D eigenvalue weighted by Gasteiger charge is 2.09. The standard InChI is InChI=1S/C14H11NO4/c1-9-8-11(4-7-13(9)14(16)17)10-2-5-12(6-3-10)15(18)19/h2-8H,1H3,(H,16,17). The highest BCUT2D eigenvalue weighted by molar-refractivity contribution is 5.90. The highest BCUT2D eigenvalue weighted by atomic mass is 16.6. The zero-order valence-electron chi connectivity index (χ0n) is 10.2. The third-order valence-corrected chi connectivity index (χ3v) is 2.87. The van der Waals surface area contributed by atoms with Gasteiger partial charge in [-0.3, -0.25) is 10.1 Å². The molecule has 0 aliphatic rings. The first-order valence-electron chi connectivity index (χ1n) is 5.58. The van der Waals surface area contributed by atoms with E-state index in [-0.39, 0.29) is 11.3 Å². The molecule has 5 nitrogen and oxygen atoms in total. The third-order valence-electron chi connectivity index (χ3n) is 2.87. The first-order valence-corrected chi connectivity index (χ1v) is 5.58. The fraction of sp³-hybridized carbons (Fsp3) is 0.0714. The van der Waals surface area contributed by atoms with Crippen LogP contribution in [0.4, 0.5) is 5.69 Å². The van der Waals surface area contributed by atoms with Crippen LogP contribution >= 0.6 is 0 Å².